The molecule has 0 saturated carbocycles. The summed E-state index contributed by atoms with van der Waals surface area (Å²) in [5, 5.41) is 2.43. The molecule has 1 amide bonds. The molecule has 0 atom stereocenters. The smallest absolute Gasteiger partial charge is 0.276 e. The molecule has 1 aromatic heterocycles. The van der Waals surface area contributed by atoms with Gasteiger partial charge in [-0.3, -0.25) is 4.79 Å². The fourth-order valence-electron chi connectivity index (χ4n) is 1.89. The van der Waals surface area contributed by atoms with Gasteiger partial charge in [0.25, 0.3) is 10.0 Å². The number of carbonyl (C=O) groups is 1. The largest absolute Gasteiger partial charge is 0.497 e. The van der Waals surface area contributed by atoms with Gasteiger partial charge in [-0.05, 0) is 31.2 Å². The molecule has 1 aromatic carbocycles. The van der Waals surface area contributed by atoms with Crippen LogP contribution in [0.1, 0.15) is 5.76 Å². The van der Waals surface area contributed by atoms with Crippen molar-refractivity contribution in [2.24, 2.45) is 0 Å². The standard InChI is InChI=1S/C15H18N2O5S/c1-11-7-8-15(22-11)23(19,20)17(2)10-14(18)16-12-5-4-6-13(9-12)21-3/h4-9H,10H2,1-3H3,(H,16,18). The van der Waals surface area contributed by atoms with E-state index >= 15 is 0 Å². The maximum Gasteiger partial charge on any atom is 0.276 e. The lowest BCUT2D eigenvalue weighted by molar-refractivity contribution is -0.116. The summed E-state index contributed by atoms with van der Waals surface area (Å²) in [4.78, 5) is 12.0. The van der Waals surface area contributed by atoms with E-state index in [9.17, 15) is 13.2 Å². The molecular weight excluding hydrogens is 320 g/mol. The van der Waals surface area contributed by atoms with Gasteiger partial charge >= 0.3 is 0 Å². The number of likely N-dealkylation sites (N-methyl/N-ethyl adjacent to an activating group) is 1. The molecule has 2 rings (SSSR count). The number of sulfonamides is 1. The molecule has 1 heterocycles. The minimum Gasteiger partial charge on any atom is -0.497 e. The van der Waals surface area contributed by atoms with Crippen LogP contribution < -0.4 is 10.1 Å². The number of methoxy groups -OCH3 is 1. The lowest BCUT2D eigenvalue weighted by Gasteiger charge is -2.15. The maximum absolute atomic E-state index is 12.3. The van der Waals surface area contributed by atoms with Gasteiger partial charge in [0.15, 0.2) is 0 Å². The molecule has 23 heavy (non-hydrogen) atoms. The highest BCUT2D eigenvalue weighted by molar-refractivity contribution is 7.89. The summed E-state index contributed by atoms with van der Waals surface area (Å²) in [6, 6.07) is 9.71. The van der Waals surface area contributed by atoms with Crippen molar-refractivity contribution in [3.8, 4) is 5.75 Å². The Hall–Kier alpha value is -2.32. The van der Waals surface area contributed by atoms with Gasteiger partial charge in [0, 0.05) is 18.8 Å². The predicted molar refractivity (Wildman–Crippen MR) is 84.9 cm³/mol. The molecule has 0 radical (unpaired) electrons. The average molecular weight is 338 g/mol. The highest BCUT2D eigenvalue weighted by atomic mass is 32.2. The number of carbonyl (C=O) groups excluding carboxylic acids is 1. The van der Waals surface area contributed by atoms with Gasteiger partial charge in [-0.25, -0.2) is 8.42 Å². The zero-order chi connectivity index (χ0) is 17.0. The van der Waals surface area contributed by atoms with E-state index < -0.39 is 15.9 Å². The summed E-state index contributed by atoms with van der Waals surface area (Å²) in [5.74, 6) is 0.611. The normalized spacial score (nSPS) is 11.5. The highest BCUT2D eigenvalue weighted by Gasteiger charge is 2.26. The first-order valence-electron chi connectivity index (χ1n) is 6.79. The van der Waals surface area contributed by atoms with E-state index in [1.165, 1.54) is 20.2 Å². The third-order valence-corrected chi connectivity index (χ3v) is 4.78. The zero-order valence-electron chi connectivity index (χ0n) is 13.1. The van der Waals surface area contributed by atoms with E-state index in [1.54, 1.807) is 37.3 Å². The van der Waals surface area contributed by atoms with Gasteiger partial charge in [-0.2, -0.15) is 4.31 Å². The van der Waals surface area contributed by atoms with Gasteiger partial charge in [-0.15, -0.1) is 0 Å². The second-order valence-electron chi connectivity index (χ2n) is 4.91. The fourth-order valence-corrected chi connectivity index (χ4v) is 2.96. The Balaban J connectivity index is 2.04. The Kier molecular flexibility index (Phi) is 5.07. The number of hydrogen-bond donors (Lipinski definition) is 1. The molecule has 0 unspecified atom stereocenters. The number of nitrogens with one attached hydrogen (secondary N) is 1. The quantitative estimate of drug-likeness (QED) is 0.868. The number of furan rings is 1. The molecule has 0 saturated heterocycles. The maximum atomic E-state index is 12.3. The van der Waals surface area contributed by atoms with Gasteiger partial charge in [-0.1, -0.05) is 6.07 Å². The minimum absolute atomic E-state index is 0.188. The average Bonchev–Trinajstić information content (AvgIpc) is 2.94. The monoisotopic (exact) mass is 338 g/mol. The van der Waals surface area contributed by atoms with Gasteiger partial charge in [0.2, 0.25) is 11.0 Å². The van der Waals surface area contributed by atoms with Gasteiger partial charge < -0.3 is 14.5 Å². The van der Waals surface area contributed by atoms with Crippen LogP contribution in [0.5, 0.6) is 5.75 Å². The van der Waals surface area contributed by atoms with Gasteiger partial charge in [0.05, 0.1) is 13.7 Å². The summed E-state index contributed by atoms with van der Waals surface area (Å²) >= 11 is 0. The Labute approximate surface area is 134 Å². The first-order valence-corrected chi connectivity index (χ1v) is 8.23. The molecule has 0 aliphatic carbocycles. The van der Waals surface area contributed by atoms with Crippen molar-refractivity contribution >= 4 is 21.6 Å². The van der Waals surface area contributed by atoms with Crippen LogP contribution >= 0.6 is 0 Å². The molecular formula is C15H18N2O5S. The predicted octanol–water partition coefficient (Wildman–Crippen LogP) is 1.86. The van der Waals surface area contributed by atoms with E-state index in [-0.39, 0.29) is 11.6 Å². The zero-order valence-corrected chi connectivity index (χ0v) is 13.9. The number of ether oxygens (including phenoxy) is 1. The van der Waals surface area contributed by atoms with Crippen molar-refractivity contribution in [3.63, 3.8) is 0 Å². The molecule has 0 spiro atoms. The molecule has 0 aliphatic heterocycles. The molecule has 0 bridgehead atoms. The number of benzene rings is 1. The molecule has 0 aliphatic rings. The Morgan fingerprint density at radius 3 is 2.65 bits per heavy atom. The van der Waals surface area contributed by atoms with Crippen LogP contribution in [0.4, 0.5) is 5.69 Å². The van der Waals surface area contributed by atoms with Crippen molar-refractivity contribution in [1.29, 1.82) is 0 Å². The van der Waals surface area contributed by atoms with Crippen molar-refractivity contribution in [1.82, 2.24) is 4.31 Å². The van der Waals surface area contributed by atoms with Gasteiger partial charge in [0.1, 0.15) is 11.5 Å². The number of amides is 1. The molecule has 8 heteroatoms. The van der Waals surface area contributed by atoms with E-state index in [1.807, 2.05) is 0 Å². The minimum atomic E-state index is -3.84. The number of hydrogen-bond acceptors (Lipinski definition) is 5. The molecule has 2 aromatic rings. The summed E-state index contributed by atoms with van der Waals surface area (Å²) in [7, 11) is -0.999. The second kappa shape index (κ2) is 6.84. The van der Waals surface area contributed by atoms with Crippen LogP contribution in [0.2, 0.25) is 0 Å². The summed E-state index contributed by atoms with van der Waals surface area (Å²) in [5.41, 5.74) is 0.522. The summed E-state index contributed by atoms with van der Waals surface area (Å²) in [6.07, 6.45) is 0. The Morgan fingerprint density at radius 2 is 2.04 bits per heavy atom. The van der Waals surface area contributed by atoms with Crippen LogP contribution in [0.3, 0.4) is 0 Å². The fraction of sp³-hybridized carbons (Fsp3) is 0.267. The molecule has 124 valence electrons. The van der Waals surface area contributed by atoms with Crippen LogP contribution in [0.15, 0.2) is 45.9 Å². The topological polar surface area (TPSA) is 88.9 Å². The first-order chi connectivity index (χ1) is 10.8. The third kappa shape index (κ3) is 4.11. The molecule has 1 N–H and O–H groups in total. The first kappa shape index (κ1) is 17.0. The van der Waals surface area contributed by atoms with E-state index in [4.69, 9.17) is 9.15 Å². The van der Waals surface area contributed by atoms with Crippen LogP contribution in [0, 0.1) is 6.92 Å². The Bertz CT molecular complexity index is 798. The number of nitrogens with zero attached hydrogens (tertiary/aromatic N) is 1. The SMILES string of the molecule is COc1cccc(NC(=O)CN(C)S(=O)(=O)c2ccc(C)o2)c1. The van der Waals surface area contributed by atoms with E-state index in [0.29, 0.717) is 17.2 Å². The Morgan fingerprint density at radius 1 is 1.30 bits per heavy atom. The van der Waals surface area contributed by atoms with E-state index in [0.717, 1.165) is 4.31 Å². The summed E-state index contributed by atoms with van der Waals surface area (Å²) in [6.45, 7) is 1.31. The van der Waals surface area contributed by atoms with Crippen LogP contribution in [-0.4, -0.2) is 39.3 Å². The highest BCUT2D eigenvalue weighted by Crippen LogP contribution is 2.18. The van der Waals surface area contributed by atoms with Crippen molar-refractivity contribution in [2.45, 2.75) is 12.0 Å². The van der Waals surface area contributed by atoms with Crippen molar-refractivity contribution < 1.29 is 22.4 Å². The number of anilines is 1. The lowest BCUT2D eigenvalue weighted by Crippen LogP contribution is -2.34. The molecule has 7 nitrogen and oxygen atoms in total. The van der Waals surface area contributed by atoms with Crippen LogP contribution in [0.25, 0.3) is 0 Å². The number of rotatable bonds is 6. The molecule has 0 fully saturated rings. The van der Waals surface area contributed by atoms with E-state index in [2.05, 4.69) is 5.32 Å². The second-order valence-corrected chi connectivity index (χ2v) is 6.88. The van der Waals surface area contributed by atoms with Crippen molar-refractivity contribution in [2.75, 3.05) is 26.0 Å². The number of aryl methyl sites for hydroxylation is 1. The van der Waals surface area contributed by atoms with Crippen LogP contribution in [-0.2, 0) is 14.8 Å². The lowest BCUT2D eigenvalue weighted by atomic mass is 10.3. The summed E-state index contributed by atoms with van der Waals surface area (Å²) < 4.78 is 35.6. The van der Waals surface area contributed by atoms with Crippen molar-refractivity contribution in [3.05, 3.63) is 42.2 Å². The third-order valence-electron chi connectivity index (χ3n) is 3.10.